The third-order valence-corrected chi connectivity index (χ3v) is 6.00. The van der Waals surface area contributed by atoms with E-state index in [-0.39, 0.29) is 43.3 Å². The molecule has 1 saturated carbocycles. The zero-order valence-electron chi connectivity index (χ0n) is 19.7. The van der Waals surface area contributed by atoms with Gasteiger partial charge in [0, 0.05) is 38.4 Å². The number of aryl methyl sites for hydroxylation is 2. The van der Waals surface area contributed by atoms with Gasteiger partial charge in [-0.1, -0.05) is 36.9 Å². The molecule has 3 rings (SSSR count). The van der Waals surface area contributed by atoms with Crippen molar-refractivity contribution in [1.29, 1.82) is 0 Å². The van der Waals surface area contributed by atoms with Gasteiger partial charge in [0.1, 0.15) is 11.4 Å². The average Bonchev–Trinajstić information content (AvgIpc) is 3.16. The number of hydrogen-bond donors (Lipinski definition) is 3. The van der Waals surface area contributed by atoms with E-state index >= 15 is 0 Å². The Balaban J connectivity index is 1.44. The molecule has 0 aliphatic heterocycles. The molecule has 0 saturated heterocycles. The molecule has 3 N–H and O–H groups in total. The molecular weight excluding hydrogens is 441 g/mol. The Kier molecular flexibility index (Phi) is 8.72. The van der Waals surface area contributed by atoms with Gasteiger partial charge in [-0.05, 0) is 37.5 Å². The van der Waals surface area contributed by atoms with Crippen molar-refractivity contribution in [3.8, 4) is 0 Å². The first-order valence-corrected chi connectivity index (χ1v) is 11.7. The summed E-state index contributed by atoms with van der Waals surface area (Å²) in [6, 6.07) is 4.28. The number of rotatable bonds is 9. The van der Waals surface area contributed by atoms with Crippen LogP contribution < -0.4 is 16.0 Å². The number of benzene rings is 1. The van der Waals surface area contributed by atoms with Gasteiger partial charge in [-0.2, -0.15) is 4.98 Å². The Morgan fingerprint density at radius 3 is 2.47 bits per heavy atom. The number of nitrogens with one attached hydrogen (secondary N) is 3. The maximum absolute atomic E-state index is 13.6. The third kappa shape index (κ3) is 6.85. The highest BCUT2D eigenvalue weighted by Gasteiger charge is 2.38. The van der Waals surface area contributed by atoms with E-state index in [1.54, 1.807) is 19.1 Å². The van der Waals surface area contributed by atoms with E-state index in [9.17, 15) is 18.8 Å². The Labute approximate surface area is 198 Å². The van der Waals surface area contributed by atoms with Crippen molar-refractivity contribution < 1.29 is 23.3 Å². The molecule has 1 aliphatic rings. The lowest BCUT2D eigenvalue weighted by Gasteiger charge is -2.30. The normalized spacial score (nSPS) is 15.3. The van der Waals surface area contributed by atoms with E-state index in [2.05, 4.69) is 26.1 Å². The fraction of sp³-hybridized carbons (Fsp3) is 0.542. The average molecular weight is 474 g/mol. The molecule has 2 aromatic rings. The van der Waals surface area contributed by atoms with Crippen molar-refractivity contribution in [1.82, 2.24) is 26.1 Å². The number of amides is 3. The van der Waals surface area contributed by atoms with Gasteiger partial charge in [0.25, 0.3) is 5.91 Å². The maximum Gasteiger partial charge on any atom is 0.251 e. The molecule has 10 heteroatoms. The van der Waals surface area contributed by atoms with E-state index in [4.69, 9.17) is 4.52 Å². The third-order valence-electron chi connectivity index (χ3n) is 6.00. The second kappa shape index (κ2) is 11.7. The van der Waals surface area contributed by atoms with Gasteiger partial charge < -0.3 is 20.5 Å². The van der Waals surface area contributed by atoms with Gasteiger partial charge in [-0.25, -0.2) is 4.39 Å². The number of carbonyl (C=O) groups excluding carboxylic acids is 3. The van der Waals surface area contributed by atoms with Gasteiger partial charge in [-0.15, -0.1) is 0 Å². The molecule has 1 aromatic heterocycles. The summed E-state index contributed by atoms with van der Waals surface area (Å²) in [5, 5.41) is 12.5. The summed E-state index contributed by atoms with van der Waals surface area (Å²) in [5.41, 5.74) is 0.0781. The highest BCUT2D eigenvalue weighted by Crippen LogP contribution is 2.34. The lowest BCUT2D eigenvalue weighted by Crippen LogP contribution is -2.45. The maximum atomic E-state index is 13.6. The predicted molar refractivity (Wildman–Crippen MR) is 122 cm³/mol. The second-order valence-corrected chi connectivity index (χ2v) is 8.76. The van der Waals surface area contributed by atoms with Crippen LogP contribution in [0.4, 0.5) is 4.39 Å². The standard InChI is InChI=1S/C24H32FN5O4/c1-16-7-8-18(15-19(16)25)22(33)27-14-13-26-20(32)9-10-21-28-23(30-34-21)24(29-17(2)31)11-5-3-4-6-12-24/h7-8,15H,3-6,9-14H2,1-2H3,(H,26,32)(H,27,33)(H,29,31). The summed E-state index contributed by atoms with van der Waals surface area (Å²) in [5.74, 6) is -0.386. The van der Waals surface area contributed by atoms with Crippen LogP contribution in [-0.4, -0.2) is 41.0 Å². The van der Waals surface area contributed by atoms with Crippen molar-refractivity contribution >= 4 is 17.7 Å². The van der Waals surface area contributed by atoms with Crippen molar-refractivity contribution in [3.05, 3.63) is 46.9 Å². The monoisotopic (exact) mass is 473 g/mol. The van der Waals surface area contributed by atoms with Crippen LogP contribution in [0.1, 0.15) is 79.5 Å². The second-order valence-electron chi connectivity index (χ2n) is 8.76. The van der Waals surface area contributed by atoms with Gasteiger partial charge in [0.05, 0.1) is 0 Å². The summed E-state index contributed by atoms with van der Waals surface area (Å²) in [6.07, 6.45) is 6.09. The van der Waals surface area contributed by atoms with Crippen LogP contribution >= 0.6 is 0 Å². The van der Waals surface area contributed by atoms with Gasteiger partial charge in [-0.3, -0.25) is 14.4 Å². The SMILES string of the molecule is CC(=O)NC1(c2noc(CCC(=O)NCCNC(=O)c3ccc(C)c(F)c3)n2)CCCCCC1. The summed E-state index contributed by atoms with van der Waals surface area (Å²) in [4.78, 5) is 40.5. The lowest BCUT2D eigenvalue weighted by atomic mass is 9.89. The Morgan fingerprint density at radius 1 is 1.09 bits per heavy atom. The molecule has 1 aromatic carbocycles. The van der Waals surface area contributed by atoms with Crippen LogP contribution in [0.2, 0.25) is 0 Å². The lowest BCUT2D eigenvalue weighted by molar-refractivity contribution is -0.122. The Morgan fingerprint density at radius 2 is 1.79 bits per heavy atom. The Bertz CT molecular complexity index is 1010. The van der Waals surface area contributed by atoms with Crippen LogP contribution in [0.15, 0.2) is 22.7 Å². The molecule has 0 bridgehead atoms. The molecule has 34 heavy (non-hydrogen) atoms. The van der Waals surface area contributed by atoms with E-state index in [1.807, 2.05) is 0 Å². The molecule has 3 amide bonds. The van der Waals surface area contributed by atoms with E-state index in [0.717, 1.165) is 38.5 Å². The summed E-state index contributed by atoms with van der Waals surface area (Å²) in [6.45, 7) is 3.56. The Hall–Kier alpha value is -3.30. The minimum atomic E-state index is -0.620. The zero-order valence-corrected chi connectivity index (χ0v) is 19.7. The highest BCUT2D eigenvalue weighted by molar-refractivity contribution is 5.94. The summed E-state index contributed by atoms with van der Waals surface area (Å²) >= 11 is 0. The summed E-state index contributed by atoms with van der Waals surface area (Å²) in [7, 11) is 0. The number of carbonyl (C=O) groups is 3. The van der Waals surface area contributed by atoms with Crippen LogP contribution in [0.3, 0.4) is 0 Å². The van der Waals surface area contributed by atoms with Gasteiger partial charge >= 0.3 is 0 Å². The smallest absolute Gasteiger partial charge is 0.251 e. The fourth-order valence-corrected chi connectivity index (χ4v) is 4.15. The van der Waals surface area contributed by atoms with Crippen LogP contribution in [-0.2, 0) is 21.5 Å². The largest absolute Gasteiger partial charge is 0.354 e. The molecule has 0 atom stereocenters. The van der Waals surface area contributed by atoms with Crippen molar-refractivity contribution in [2.75, 3.05) is 13.1 Å². The minimum absolute atomic E-state index is 0.132. The van der Waals surface area contributed by atoms with E-state index < -0.39 is 17.3 Å². The van der Waals surface area contributed by atoms with Crippen LogP contribution in [0, 0.1) is 12.7 Å². The first-order valence-electron chi connectivity index (χ1n) is 11.7. The molecule has 0 radical (unpaired) electrons. The van der Waals surface area contributed by atoms with E-state index in [0.29, 0.717) is 17.3 Å². The van der Waals surface area contributed by atoms with Crippen LogP contribution in [0.25, 0.3) is 0 Å². The first-order chi connectivity index (χ1) is 16.3. The quantitative estimate of drug-likeness (QED) is 0.380. The molecule has 1 aliphatic carbocycles. The van der Waals surface area contributed by atoms with Gasteiger partial charge in [0.15, 0.2) is 5.82 Å². The number of aromatic nitrogens is 2. The number of hydrogen-bond acceptors (Lipinski definition) is 6. The number of nitrogens with zero attached hydrogens (tertiary/aromatic N) is 2. The molecule has 9 nitrogen and oxygen atoms in total. The molecule has 0 unspecified atom stereocenters. The highest BCUT2D eigenvalue weighted by atomic mass is 19.1. The first kappa shape index (κ1) is 25.3. The van der Waals surface area contributed by atoms with Crippen molar-refractivity contribution in [2.45, 2.75) is 70.8 Å². The zero-order chi connectivity index (χ0) is 24.6. The minimum Gasteiger partial charge on any atom is -0.354 e. The summed E-state index contributed by atoms with van der Waals surface area (Å²) < 4.78 is 18.9. The topological polar surface area (TPSA) is 126 Å². The molecular formula is C24H32FN5O4. The fourth-order valence-electron chi connectivity index (χ4n) is 4.15. The molecule has 1 heterocycles. The number of halogens is 1. The molecule has 0 spiro atoms. The molecule has 184 valence electrons. The predicted octanol–water partition coefficient (Wildman–Crippen LogP) is 2.68. The van der Waals surface area contributed by atoms with Gasteiger partial charge in [0.2, 0.25) is 17.7 Å². The van der Waals surface area contributed by atoms with Crippen LogP contribution in [0.5, 0.6) is 0 Å². The molecule has 1 fully saturated rings. The van der Waals surface area contributed by atoms with Crippen molar-refractivity contribution in [2.24, 2.45) is 0 Å². The van der Waals surface area contributed by atoms with Crippen molar-refractivity contribution in [3.63, 3.8) is 0 Å². The van der Waals surface area contributed by atoms with E-state index in [1.165, 1.54) is 13.0 Å².